The van der Waals surface area contributed by atoms with Gasteiger partial charge in [0.25, 0.3) is 0 Å². The number of hydrogen-bond donors (Lipinski definition) is 1. The van der Waals surface area contributed by atoms with Gasteiger partial charge < -0.3 is 14.6 Å². The van der Waals surface area contributed by atoms with Gasteiger partial charge in [-0.1, -0.05) is 36.8 Å². The van der Waals surface area contributed by atoms with Gasteiger partial charge in [0.15, 0.2) is 0 Å². The van der Waals surface area contributed by atoms with Crippen LogP contribution in [-0.2, 0) is 27.3 Å². The molecule has 1 aliphatic carbocycles. The third-order valence-electron chi connectivity index (χ3n) is 5.08. The molecule has 1 amide bonds. The van der Waals surface area contributed by atoms with E-state index in [4.69, 9.17) is 0 Å². The molecule has 0 radical (unpaired) electrons. The number of ether oxygens (including phenoxy) is 1. The number of hydrogen-bond acceptors (Lipinski definition) is 4. The number of methoxy groups -OCH3 is 1. The average Bonchev–Trinajstić information content (AvgIpc) is 3.01. The maximum atomic E-state index is 12.7. The molecule has 1 fully saturated rings. The highest BCUT2D eigenvalue weighted by molar-refractivity contribution is 5.87. The molecular formula is C20H22F3N3O3. The standard InChI is InChI=1S/C20H22F3N3O3/c1-29-18(27)16(25-19(28)20(21,22)23)10-15-11-24-17(14-8-5-9-14)26(15)12-13-6-3-2-4-7-13/h2-4,6-7,11,14,16H,5,8-10,12H2,1H3,(H,25,28)/t16-/m0/s1. The van der Waals surface area contributed by atoms with Crippen LogP contribution in [-0.4, -0.2) is 40.8 Å². The second-order valence-electron chi connectivity index (χ2n) is 7.06. The van der Waals surface area contributed by atoms with Crippen LogP contribution in [0.2, 0.25) is 0 Å². The normalized spacial score (nSPS) is 15.4. The topological polar surface area (TPSA) is 73.2 Å². The van der Waals surface area contributed by atoms with Crippen LogP contribution in [0.1, 0.15) is 42.3 Å². The number of rotatable bonds is 7. The highest BCUT2D eigenvalue weighted by Gasteiger charge is 2.41. The molecule has 9 heteroatoms. The summed E-state index contributed by atoms with van der Waals surface area (Å²) >= 11 is 0. The van der Waals surface area contributed by atoms with Crippen molar-refractivity contribution in [3.05, 3.63) is 53.6 Å². The first-order valence-electron chi connectivity index (χ1n) is 9.33. The molecule has 0 bridgehead atoms. The zero-order valence-electron chi connectivity index (χ0n) is 15.9. The lowest BCUT2D eigenvalue weighted by molar-refractivity contribution is -0.175. The van der Waals surface area contributed by atoms with Gasteiger partial charge in [-0.2, -0.15) is 13.2 Å². The summed E-state index contributed by atoms with van der Waals surface area (Å²) in [6.45, 7) is 0.475. The molecular weight excluding hydrogens is 387 g/mol. The minimum absolute atomic E-state index is 0.152. The average molecular weight is 409 g/mol. The lowest BCUT2D eigenvalue weighted by Gasteiger charge is -2.26. The fourth-order valence-electron chi connectivity index (χ4n) is 3.32. The lowest BCUT2D eigenvalue weighted by atomic mass is 9.84. The zero-order valence-corrected chi connectivity index (χ0v) is 15.9. The van der Waals surface area contributed by atoms with Crippen molar-refractivity contribution < 1.29 is 27.5 Å². The highest BCUT2D eigenvalue weighted by atomic mass is 19.4. The number of aromatic nitrogens is 2. The van der Waals surface area contributed by atoms with Gasteiger partial charge in [0.2, 0.25) is 0 Å². The number of nitrogens with zero attached hydrogens (tertiary/aromatic N) is 2. The van der Waals surface area contributed by atoms with E-state index in [9.17, 15) is 22.8 Å². The van der Waals surface area contributed by atoms with Crippen LogP contribution in [0.5, 0.6) is 0 Å². The molecule has 1 aliphatic rings. The van der Waals surface area contributed by atoms with Crippen molar-refractivity contribution in [3.8, 4) is 0 Å². The minimum atomic E-state index is -5.09. The monoisotopic (exact) mass is 409 g/mol. The zero-order chi connectivity index (χ0) is 21.0. The van der Waals surface area contributed by atoms with Gasteiger partial charge in [-0.15, -0.1) is 0 Å². The van der Waals surface area contributed by atoms with E-state index in [0.717, 1.165) is 37.8 Å². The number of carbonyl (C=O) groups is 2. The summed E-state index contributed by atoms with van der Waals surface area (Å²) in [5.41, 5.74) is 1.56. The maximum Gasteiger partial charge on any atom is 0.471 e. The van der Waals surface area contributed by atoms with E-state index in [2.05, 4.69) is 9.72 Å². The fraction of sp³-hybridized carbons (Fsp3) is 0.450. The molecule has 1 heterocycles. The van der Waals surface area contributed by atoms with Crippen LogP contribution in [0, 0.1) is 0 Å². The Hall–Kier alpha value is -2.84. The van der Waals surface area contributed by atoms with E-state index in [1.807, 2.05) is 34.9 Å². The van der Waals surface area contributed by atoms with E-state index in [-0.39, 0.29) is 12.3 Å². The maximum absolute atomic E-state index is 12.7. The van der Waals surface area contributed by atoms with Crippen molar-refractivity contribution in [3.63, 3.8) is 0 Å². The predicted octanol–water partition coefficient (Wildman–Crippen LogP) is 2.96. The SMILES string of the molecule is COC(=O)[C@H](Cc1cnc(C2CCC2)n1Cc1ccccc1)NC(=O)C(F)(F)F. The first-order valence-corrected chi connectivity index (χ1v) is 9.33. The Morgan fingerprint density at radius 3 is 2.52 bits per heavy atom. The van der Waals surface area contributed by atoms with Crippen molar-refractivity contribution in [2.24, 2.45) is 0 Å². The molecule has 0 unspecified atom stereocenters. The number of imidazole rings is 1. The Kier molecular flexibility index (Phi) is 6.24. The molecule has 29 heavy (non-hydrogen) atoms. The second-order valence-corrected chi connectivity index (χ2v) is 7.06. The van der Waals surface area contributed by atoms with Crippen molar-refractivity contribution in [2.45, 2.75) is 50.4 Å². The van der Waals surface area contributed by atoms with E-state index in [1.54, 1.807) is 11.5 Å². The largest absolute Gasteiger partial charge is 0.471 e. The molecule has 1 saturated carbocycles. The summed E-state index contributed by atoms with van der Waals surface area (Å²) in [5, 5.41) is 1.73. The van der Waals surface area contributed by atoms with Gasteiger partial charge in [0, 0.05) is 30.8 Å². The number of esters is 1. The minimum Gasteiger partial charge on any atom is -0.467 e. The quantitative estimate of drug-likeness (QED) is 0.714. The van der Waals surface area contributed by atoms with E-state index < -0.39 is 24.1 Å². The van der Waals surface area contributed by atoms with Gasteiger partial charge >= 0.3 is 18.1 Å². The smallest absolute Gasteiger partial charge is 0.467 e. The Bertz CT molecular complexity index is 861. The Labute approximate surface area is 166 Å². The summed E-state index contributed by atoms with van der Waals surface area (Å²) in [6.07, 6.45) is -0.585. The Balaban J connectivity index is 1.88. The Morgan fingerprint density at radius 1 is 1.28 bits per heavy atom. The van der Waals surface area contributed by atoms with Gasteiger partial charge in [0.05, 0.1) is 7.11 Å². The molecule has 0 saturated heterocycles. The van der Waals surface area contributed by atoms with Crippen LogP contribution in [0.25, 0.3) is 0 Å². The Morgan fingerprint density at radius 2 is 1.97 bits per heavy atom. The second kappa shape index (κ2) is 8.67. The van der Waals surface area contributed by atoms with Gasteiger partial charge in [-0.25, -0.2) is 9.78 Å². The number of nitrogens with one attached hydrogen (secondary N) is 1. The van der Waals surface area contributed by atoms with Crippen LogP contribution >= 0.6 is 0 Å². The van der Waals surface area contributed by atoms with Gasteiger partial charge in [0.1, 0.15) is 11.9 Å². The highest BCUT2D eigenvalue weighted by Crippen LogP contribution is 2.36. The summed E-state index contributed by atoms with van der Waals surface area (Å²) < 4.78 is 44.5. The molecule has 3 rings (SSSR count). The van der Waals surface area contributed by atoms with E-state index >= 15 is 0 Å². The van der Waals surface area contributed by atoms with Crippen LogP contribution in [0.15, 0.2) is 36.5 Å². The summed E-state index contributed by atoms with van der Waals surface area (Å²) in [4.78, 5) is 27.9. The van der Waals surface area contributed by atoms with Crippen LogP contribution < -0.4 is 5.32 Å². The number of halogens is 3. The van der Waals surface area contributed by atoms with Crippen molar-refractivity contribution in [1.29, 1.82) is 0 Å². The number of benzene rings is 1. The molecule has 1 aromatic heterocycles. The van der Waals surface area contributed by atoms with E-state index in [1.165, 1.54) is 0 Å². The number of amides is 1. The summed E-state index contributed by atoms with van der Waals surface area (Å²) in [5.74, 6) is -1.99. The predicted molar refractivity (Wildman–Crippen MR) is 98.1 cm³/mol. The molecule has 0 spiro atoms. The fourth-order valence-corrected chi connectivity index (χ4v) is 3.32. The summed E-state index contributed by atoms with van der Waals surface area (Å²) in [7, 11) is 1.07. The number of carbonyl (C=O) groups excluding carboxylic acids is 2. The van der Waals surface area contributed by atoms with Crippen molar-refractivity contribution in [2.75, 3.05) is 7.11 Å². The lowest BCUT2D eigenvalue weighted by Crippen LogP contribution is -2.48. The molecule has 2 aromatic rings. The third-order valence-corrected chi connectivity index (χ3v) is 5.08. The number of alkyl halides is 3. The third kappa shape index (κ3) is 4.96. The van der Waals surface area contributed by atoms with Crippen LogP contribution in [0.3, 0.4) is 0 Å². The van der Waals surface area contributed by atoms with Crippen molar-refractivity contribution >= 4 is 11.9 Å². The molecule has 1 aromatic carbocycles. The van der Waals surface area contributed by atoms with Gasteiger partial charge in [-0.05, 0) is 18.4 Å². The van der Waals surface area contributed by atoms with Crippen LogP contribution in [0.4, 0.5) is 13.2 Å². The first kappa shape index (κ1) is 20.9. The van der Waals surface area contributed by atoms with Crippen molar-refractivity contribution in [1.82, 2.24) is 14.9 Å². The molecule has 1 atom stereocenters. The molecule has 6 nitrogen and oxygen atoms in total. The molecule has 0 aliphatic heterocycles. The molecule has 1 N–H and O–H groups in total. The molecule has 156 valence electrons. The first-order chi connectivity index (χ1) is 13.8. The van der Waals surface area contributed by atoms with Gasteiger partial charge in [-0.3, -0.25) is 4.79 Å². The van der Waals surface area contributed by atoms with E-state index in [0.29, 0.717) is 12.2 Å². The summed E-state index contributed by atoms with van der Waals surface area (Å²) in [6, 6.07) is 8.11.